The molecule has 5 heteroatoms. The highest BCUT2D eigenvalue weighted by Crippen LogP contribution is 2.34. The lowest BCUT2D eigenvalue weighted by Crippen LogP contribution is -2.51. The summed E-state index contributed by atoms with van der Waals surface area (Å²) >= 11 is 0. The van der Waals surface area contributed by atoms with E-state index in [1.54, 1.807) is 12.0 Å². The van der Waals surface area contributed by atoms with Crippen molar-refractivity contribution >= 4 is 11.6 Å². The number of nitrogens with zero attached hydrogens (tertiary/aromatic N) is 1. The number of rotatable bonds is 6. The molecule has 0 aliphatic carbocycles. The third-order valence-electron chi connectivity index (χ3n) is 6.93. The summed E-state index contributed by atoms with van der Waals surface area (Å²) < 4.78 is 5.71. The molecule has 1 saturated heterocycles. The summed E-state index contributed by atoms with van der Waals surface area (Å²) in [6.45, 7) is 5.30. The smallest absolute Gasteiger partial charge is 0.227 e. The number of aryl methyl sites for hydroxylation is 1. The molecule has 0 spiro atoms. The van der Waals surface area contributed by atoms with Crippen molar-refractivity contribution in [2.75, 3.05) is 19.1 Å². The van der Waals surface area contributed by atoms with Crippen molar-refractivity contribution in [3.8, 4) is 5.75 Å². The molecule has 4 rings (SSSR count). The van der Waals surface area contributed by atoms with Crippen LogP contribution in [0.1, 0.15) is 55.8 Å². The molecule has 2 aliphatic heterocycles. The average Bonchev–Trinajstić information content (AvgIpc) is 2.80. The number of piperidine rings is 1. The topological polar surface area (TPSA) is 53.6 Å². The van der Waals surface area contributed by atoms with Crippen LogP contribution in [0.3, 0.4) is 0 Å². The number of carbonyl (C=O) groups is 1. The standard InChI is InChI=1S/C26H35N3O2/c1-17(2)21-11-12-22(26(28-21)18-8-6-5-7-9-18)27-16-20-14-23-19(15-24(20)31-4)10-13-25(30)29(23)3/h5-9,14-15,17,21-22,26-28H,10-13,16H2,1-4H3/t21-,22-,26-/m0/s1. The van der Waals surface area contributed by atoms with E-state index < -0.39 is 0 Å². The molecule has 5 nitrogen and oxygen atoms in total. The minimum absolute atomic E-state index is 0.178. The Labute approximate surface area is 186 Å². The van der Waals surface area contributed by atoms with Crippen LogP contribution in [0.15, 0.2) is 42.5 Å². The number of anilines is 1. The molecule has 2 heterocycles. The van der Waals surface area contributed by atoms with Gasteiger partial charge in [-0.3, -0.25) is 4.79 Å². The first-order chi connectivity index (χ1) is 15.0. The number of fused-ring (bicyclic) bond motifs is 1. The molecule has 31 heavy (non-hydrogen) atoms. The second kappa shape index (κ2) is 9.41. The Morgan fingerprint density at radius 3 is 2.65 bits per heavy atom. The molecular formula is C26H35N3O2. The molecule has 0 aromatic heterocycles. The third kappa shape index (κ3) is 4.63. The van der Waals surface area contributed by atoms with Crippen molar-refractivity contribution in [2.45, 2.75) is 64.2 Å². The fourth-order valence-electron chi connectivity index (χ4n) is 4.97. The maximum atomic E-state index is 12.2. The normalized spacial score (nSPS) is 23.7. The summed E-state index contributed by atoms with van der Waals surface area (Å²) in [5, 5.41) is 7.71. The molecule has 0 unspecified atom stereocenters. The van der Waals surface area contributed by atoms with Gasteiger partial charge in [0.1, 0.15) is 5.75 Å². The van der Waals surface area contributed by atoms with Gasteiger partial charge in [-0.1, -0.05) is 44.2 Å². The number of hydrogen-bond donors (Lipinski definition) is 2. The van der Waals surface area contributed by atoms with Crippen LogP contribution >= 0.6 is 0 Å². The molecule has 3 atom stereocenters. The second-order valence-electron chi connectivity index (χ2n) is 9.22. The quantitative estimate of drug-likeness (QED) is 0.734. The van der Waals surface area contributed by atoms with Crippen molar-refractivity contribution in [3.05, 3.63) is 59.2 Å². The minimum Gasteiger partial charge on any atom is -0.496 e. The van der Waals surface area contributed by atoms with E-state index in [0.29, 0.717) is 31.0 Å². The first kappa shape index (κ1) is 21.8. The van der Waals surface area contributed by atoms with Crippen LogP contribution in [0.4, 0.5) is 5.69 Å². The maximum absolute atomic E-state index is 12.2. The van der Waals surface area contributed by atoms with Gasteiger partial charge >= 0.3 is 0 Å². The van der Waals surface area contributed by atoms with Crippen LogP contribution in [0, 0.1) is 5.92 Å². The summed E-state index contributed by atoms with van der Waals surface area (Å²) in [6.07, 6.45) is 3.63. The second-order valence-corrected chi connectivity index (χ2v) is 9.22. The first-order valence-corrected chi connectivity index (χ1v) is 11.5. The van der Waals surface area contributed by atoms with E-state index in [1.807, 2.05) is 7.05 Å². The Bertz CT molecular complexity index is 912. The SMILES string of the molecule is COc1cc2c(cc1CN[C@H]1CC[C@@H](C(C)C)N[C@H]1c1ccccc1)N(C)C(=O)CC2. The number of methoxy groups -OCH3 is 1. The van der Waals surface area contributed by atoms with Crippen molar-refractivity contribution in [3.63, 3.8) is 0 Å². The molecule has 1 fully saturated rings. The number of ether oxygens (including phenoxy) is 1. The van der Waals surface area contributed by atoms with Crippen LogP contribution in [-0.2, 0) is 17.8 Å². The Hall–Kier alpha value is -2.37. The zero-order chi connectivity index (χ0) is 22.0. The molecular weight excluding hydrogens is 386 g/mol. The lowest BCUT2D eigenvalue weighted by molar-refractivity contribution is -0.118. The van der Waals surface area contributed by atoms with E-state index in [9.17, 15) is 4.79 Å². The van der Waals surface area contributed by atoms with Crippen LogP contribution in [0.5, 0.6) is 5.75 Å². The lowest BCUT2D eigenvalue weighted by atomic mass is 9.85. The van der Waals surface area contributed by atoms with Crippen molar-refractivity contribution in [2.24, 2.45) is 5.92 Å². The predicted molar refractivity (Wildman–Crippen MR) is 126 cm³/mol. The van der Waals surface area contributed by atoms with E-state index in [1.165, 1.54) is 11.1 Å². The number of carbonyl (C=O) groups excluding carboxylic acids is 1. The van der Waals surface area contributed by atoms with E-state index >= 15 is 0 Å². The van der Waals surface area contributed by atoms with Crippen LogP contribution in [0.2, 0.25) is 0 Å². The Morgan fingerprint density at radius 2 is 1.94 bits per heavy atom. The van der Waals surface area contributed by atoms with Crippen molar-refractivity contribution < 1.29 is 9.53 Å². The molecule has 2 aromatic carbocycles. The summed E-state index contributed by atoms with van der Waals surface area (Å²) in [7, 11) is 3.59. The van der Waals surface area contributed by atoms with Crippen LogP contribution in [-0.4, -0.2) is 32.1 Å². The maximum Gasteiger partial charge on any atom is 0.227 e. The Morgan fingerprint density at radius 1 is 1.16 bits per heavy atom. The van der Waals surface area contributed by atoms with Crippen molar-refractivity contribution in [1.29, 1.82) is 0 Å². The zero-order valence-corrected chi connectivity index (χ0v) is 19.2. The number of hydrogen-bond acceptors (Lipinski definition) is 4. The van der Waals surface area contributed by atoms with Gasteiger partial charge in [0.05, 0.1) is 7.11 Å². The van der Waals surface area contributed by atoms with Gasteiger partial charge in [-0.15, -0.1) is 0 Å². The fourth-order valence-corrected chi connectivity index (χ4v) is 4.97. The van der Waals surface area contributed by atoms with Crippen LogP contribution in [0.25, 0.3) is 0 Å². The summed E-state index contributed by atoms with van der Waals surface area (Å²) in [5.41, 5.74) is 4.62. The Kier molecular flexibility index (Phi) is 6.63. The minimum atomic E-state index is 0.178. The van der Waals surface area contributed by atoms with Crippen molar-refractivity contribution in [1.82, 2.24) is 10.6 Å². The monoisotopic (exact) mass is 421 g/mol. The van der Waals surface area contributed by atoms with Crippen LogP contribution < -0.4 is 20.3 Å². The van der Waals surface area contributed by atoms with E-state index in [2.05, 4.69) is 66.9 Å². The molecule has 166 valence electrons. The predicted octanol–water partition coefficient (Wildman–Crippen LogP) is 4.21. The van der Waals surface area contributed by atoms with Gasteiger partial charge in [0.25, 0.3) is 0 Å². The third-order valence-corrected chi connectivity index (χ3v) is 6.93. The van der Waals surface area contributed by atoms with Gasteiger partial charge < -0.3 is 20.3 Å². The lowest BCUT2D eigenvalue weighted by Gasteiger charge is -2.40. The molecule has 0 radical (unpaired) electrons. The van der Waals surface area contributed by atoms with E-state index in [0.717, 1.165) is 36.3 Å². The summed E-state index contributed by atoms with van der Waals surface area (Å²) in [4.78, 5) is 14.0. The number of nitrogens with one attached hydrogen (secondary N) is 2. The molecule has 1 amide bonds. The molecule has 2 N–H and O–H groups in total. The van der Waals surface area contributed by atoms with E-state index in [-0.39, 0.29) is 11.9 Å². The summed E-state index contributed by atoms with van der Waals surface area (Å²) in [5.74, 6) is 1.69. The zero-order valence-electron chi connectivity index (χ0n) is 19.2. The highest BCUT2D eigenvalue weighted by molar-refractivity contribution is 5.96. The number of amides is 1. The highest BCUT2D eigenvalue weighted by atomic mass is 16.5. The molecule has 0 bridgehead atoms. The summed E-state index contributed by atoms with van der Waals surface area (Å²) in [6, 6.07) is 16.1. The van der Waals surface area contributed by atoms with E-state index in [4.69, 9.17) is 4.74 Å². The highest BCUT2D eigenvalue weighted by Gasteiger charge is 2.32. The number of benzene rings is 2. The van der Waals surface area contributed by atoms with Gasteiger partial charge in [0.2, 0.25) is 5.91 Å². The average molecular weight is 422 g/mol. The van der Waals surface area contributed by atoms with Gasteiger partial charge in [-0.2, -0.15) is 0 Å². The van der Waals surface area contributed by atoms with Gasteiger partial charge in [0.15, 0.2) is 0 Å². The largest absolute Gasteiger partial charge is 0.496 e. The van der Waals surface area contributed by atoms with Gasteiger partial charge in [-0.25, -0.2) is 0 Å². The molecule has 2 aliphatic rings. The fraction of sp³-hybridized carbons (Fsp3) is 0.500. The molecule has 2 aromatic rings. The Balaban J connectivity index is 1.55. The molecule has 0 saturated carbocycles. The van der Waals surface area contributed by atoms with Gasteiger partial charge in [0, 0.05) is 49.4 Å². The first-order valence-electron chi connectivity index (χ1n) is 11.5. The van der Waals surface area contributed by atoms with Gasteiger partial charge in [-0.05, 0) is 48.4 Å².